The number of aliphatic carboxylic acids is 1. The molecule has 0 bridgehead atoms. The number of amides is 2. The predicted molar refractivity (Wildman–Crippen MR) is 161 cm³/mol. The Bertz CT molecular complexity index is 1710. The van der Waals surface area contributed by atoms with Crippen molar-refractivity contribution in [2.45, 2.75) is 62.8 Å². The first kappa shape index (κ1) is 28.4. The van der Waals surface area contributed by atoms with Crippen molar-refractivity contribution in [2.24, 2.45) is 7.05 Å². The summed E-state index contributed by atoms with van der Waals surface area (Å²) in [5.41, 5.74) is 4.01. The molecule has 0 saturated heterocycles. The average Bonchev–Trinajstić information content (AvgIpc) is 3.54. The van der Waals surface area contributed by atoms with Crippen LogP contribution in [0.2, 0.25) is 0 Å². The molecular formula is C33H34FN5O4. The van der Waals surface area contributed by atoms with Crippen LogP contribution in [-0.2, 0) is 16.6 Å². The molecule has 3 N–H and O–H groups in total. The lowest BCUT2D eigenvalue weighted by Crippen LogP contribution is -2.61. The second-order valence-corrected chi connectivity index (χ2v) is 11.6. The summed E-state index contributed by atoms with van der Waals surface area (Å²) in [7, 11) is 1.90. The summed E-state index contributed by atoms with van der Waals surface area (Å²) < 4.78 is 17.6. The fourth-order valence-corrected chi connectivity index (χ4v) is 6.39. The summed E-state index contributed by atoms with van der Waals surface area (Å²) in [4.78, 5) is 38.0. The maximum atomic E-state index is 13.8. The average molecular weight is 584 g/mol. The van der Waals surface area contributed by atoms with Crippen LogP contribution in [0.1, 0.15) is 78.9 Å². The number of carboxylic acids is 1. The van der Waals surface area contributed by atoms with Crippen molar-refractivity contribution in [3.63, 3.8) is 0 Å². The minimum atomic E-state index is -1.05. The Labute approximate surface area is 248 Å². The molecule has 2 aliphatic rings. The first-order valence-electron chi connectivity index (χ1n) is 14.7. The number of imidazole rings is 1. The van der Waals surface area contributed by atoms with Gasteiger partial charge in [0.15, 0.2) is 0 Å². The number of carboxylic acid groups (broad SMARTS) is 1. The Morgan fingerprint density at radius 3 is 2.33 bits per heavy atom. The largest absolute Gasteiger partial charge is 0.478 e. The molecule has 222 valence electrons. The molecule has 0 aliphatic heterocycles. The van der Waals surface area contributed by atoms with Crippen LogP contribution in [0.25, 0.3) is 23.0 Å². The highest BCUT2D eigenvalue weighted by Gasteiger charge is 2.46. The van der Waals surface area contributed by atoms with Crippen LogP contribution in [-0.4, -0.2) is 42.6 Å². The summed E-state index contributed by atoms with van der Waals surface area (Å²) in [6.07, 6.45) is 11.4. The number of aryl methyl sites for hydroxylation is 1. The van der Waals surface area contributed by atoms with Crippen molar-refractivity contribution in [3.05, 3.63) is 83.4 Å². The fourth-order valence-electron chi connectivity index (χ4n) is 6.39. The van der Waals surface area contributed by atoms with E-state index < -0.39 is 11.5 Å². The Balaban J connectivity index is 1.28. The van der Waals surface area contributed by atoms with Crippen molar-refractivity contribution in [2.75, 3.05) is 5.32 Å². The molecule has 2 aliphatic carbocycles. The minimum Gasteiger partial charge on any atom is -0.478 e. The summed E-state index contributed by atoms with van der Waals surface area (Å²) in [5, 5.41) is 19.4. The quantitative estimate of drug-likeness (QED) is 0.223. The molecule has 0 unspecified atom stereocenters. The van der Waals surface area contributed by atoms with E-state index in [1.807, 2.05) is 16.1 Å². The predicted octanol–water partition coefficient (Wildman–Crippen LogP) is 5.92. The van der Waals surface area contributed by atoms with Gasteiger partial charge in [0.25, 0.3) is 5.91 Å². The molecule has 2 amide bonds. The van der Waals surface area contributed by atoms with Crippen LogP contribution in [0.15, 0.2) is 60.8 Å². The van der Waals surface area contributed by atoms with Gasteiger partial charge in [-0.15, -0.1) is 0 Å². The summed E-state index contributed by atoms with van der Waals surface area (Å²) >= 11 is 0. The Kier molecular flexibility index (Phi) is 7.60. The molecule has 2 heterocycles. The molecule has 9 nitrogen and oxygen atoms in total. The van der Waals surface area contributed by atoms with Gasteiger partial charge >= 0.3 is 5.97 Å². The van der Waals surface area contributed by atoms with Crippen LogP contribution >= 0.6 is 0 Å². The van der Waals surface area contributed by atoms with Gasteiger partial charge < -0.3 is 20.3 Å². The van der Waals surface area contributed by atoms with Gasteiger partial charge in [0.2, 0.25) is 5.91 Å². The van der Waals surface area contributed by atoms with E-state index in [2.05, 4.69) is 15.7 Å². The molecule has 2 aromatic heterocycles. The van der Waals surface area contributed by atoms with Crippen LogP contribution in [0.4, 0.5) is 10.1 Å². The number of halogens is 1. The number of nitrogens with zero attached hydrogens (tertiary/aromatic N) is 3. The van der Waals surface area contributed by atoms with Crippen LogP contribution in [0.5, 0.6) is 0 Å². The lowest BCUT2D eigenvalue weighted by atomic mass is 9.75. The minimum absolute atomic E-state index is 0.267. The SMILES string of the molecule is Cn1c(-c2ccc(F)cc2)c(C2CCCCC2)n2ncc(C(=O)NC3(C(=O)Nc4ccc(C=CC(=O)O)cc4)CCC3)c12. The van der Waals surface area contributed by atoms with Gasteiger partial charge in [-0.1, -0.05) is 31.4 Å². The molecule has 4 aromatic rings. The van der Waals surface area contributed by atoms with E-state index in [4.69, 9.17) is 5.11 Å². The number of benzene rings is 2. The third-order valence-electron chi connectivity index (χ3n) is 8.80. The number of fused-ring (bicyclic) bond motifs is 1. The van der Waals surface area contributed by atoms with E-state index in [0.717, 1.165) is 55.1 Å². The summed E-state index contributed by atoms with van der Waals surface area (Å²) in [6, 6.07) is 13.2. The zero-order valence-electron chi connectivity index (χ0n) is 24.0. The molecule has 43 heavy (non-hydrogen) atoms. The molecule has 0 radical (unpaired) electrons. The molecule has 0 spiro atoms. The highest BCUT2D eigenvalue weighted by Crippen LogP contribution is 2.40. The van der Waals surface area contributed by atoms with Gasteiger partial charge in [0.05, 0.1) is 17.6 Å². The second-order valence-electron chi connectivity index (χ2n) is 11.6. The van der Waals surface area contributed by atoms with Gasteiger partial charge in [-0.25, -0.2) is 13.7 Å². The standard InChI is InChI=1S/C33H34FN5O4/c1-38-28(23-11-13-24(34)14-12-23)29(22-6-3-2-4-7-22)39-31(38)26(20-35-39)30(42)37-33(18-5-19-33)32(43)36-25-15-8-21(9-16-25)10-17-27(40)41/h8-17,20,22H,2-7,18-19H2,1H3,(H,36,43)(H,37,42)(H,40,41). The number of rotatable bonds is 8. The van der Waals surface area contributed by atoms with Crippen LogP contribution in [0.3, 0.4) is 0 Å². The van der Waals surface area contributed by atoms with E-state index >= 15 is 0 Å². The van der Waals surface area contributed by atoms with E-state index in [-0.39, 0.29) is 23.5 Å². The molecule has 6 rings (SSSR count). The van der Waals surface area contributed by atoms with Crippen LogP contribution in [0, 0.1) is 5.82 Å². The van der Waals surface area contributed by atoms with Gasteiger partial charge in [0.1, 0.15) is 22.6 Å². The fraction of sp³-hybridized carbons (Fsp3) is 0.333. The maximum absolute atomic E-state index is 13.8. The van der Waals surface area contributed by atoms with Crippen molar-refractivity contribution in [1.29, 1.82) is 0 Å². The lowest BCUT2D eigenvalue weighted by molar-refractivity contribution is -0.131. The lowest BCUT2D eigenvalue weighted by Gasteiger charge is -2.40. The normalized spacial score (nSPS) is 16.7. The molecular weight excluding hydrogens is 549 g/mol. The van der Waals surface area contributed by atoms with Crippen molar-refractivity contribution in [3.8, 4) is 11.3 Å². The summed E-state index contributed by atoms with van der Waals surface area (Å²) in [5.74, 6) is -1.75. The number of anilines is 1. The van der Waals surface area contributed by atoms with Gasteiger partial charge in [-0.05, 0) is 80.1 Å². The Morgan fingerprint density at radius 2 is 1.70 bits per heavy atom. The number of nitrogens with one attached hydrogen (secondary N) is 2. The van der Waals surface area contributed by atoms with Crippen LogP contribution < -0.4 is 10.6 Å². The van der Waals surface area contributed by atoms with Gasteiger partial charge in [-0.3, -0.25) is 9.59 Å². The number of carbonyl (C=O) groups excluding carboxylic acids is 2. The molecule has 0 atom stereocenters. The van der Waals surface area contributed by atoms with Crippen molar-refractivity contribution >= 4 is 35.2 Å². The summed E-state index contributed by atoms with van der Waals surface area (Å²) in [6.45, 7) is 0. The highest BCUT2D eigenvalue weighted by atomic mass is 19.1. The van der Waals surface area contributed by atoms with E-state index in [9.17, 15) is 18.8 Å². The zero-order valence-corrected chi connectivity index (χ0v) is 24.0. The van der Waals surface area contributed by atoms with Gasteiger partial charge in [-0.2, -0.15) is 5.10 Å². The number of hydrogen-bond donors (Lipinski definition) is 3. The number of hydrogen-bond acceptors (Lipinski definition) is 4. The molecule has 10 heteroatoms. The van der Waals surface area contributed by atoms with Gasteiger partial charge in [0, 0.05) is 30.3 Å². The van der Waals surface area contributed by atoms with E-state index in [0.29, 0.717) is 35.3 Å². The monoisotopic (exact) mass is 583 g/mol. The molecule has 2 saturated carbocycles. The van der Waals surface area contributed by atoms with E-state index in [1.54, 1.807) is 42.6 Å². The zero-order chi connectivity index (χ0) is 30.1. The smallest absolute Gasteiger partial charge is 0.328 e. The Hall–Kier alpha value is -4.73. The second kappa shape index (κ2) is 11.5. The van der Waals surface area contributed by atoms with Crippen molar-refractivity contribution < 1.29 is 23.9 Å². The molecule has 2 aromatic carbocycles. The number of aromatic nitrogens is 3. The first-order chi connectivity index (χ1) is 20.8. The molecule has 2 fully saturated rings. The van der Waals surface area contributed by atoms with E-state index in [1.165, 1.54) is 24.6 Å². The maximum Gasteiger partial charge on any atom is 0.328 e. The Morgan fingerprint density at radius 1 is 1.00 bits per heavy atom. The van der Waals surface area contributed by atoms with Crippen molar-refractivity contribution in [1.82, 2.24) is 19.5 Å². The highest BCUT2D eigenvalue weighted by molar-refractivity contribution is 6.06. The first-order valence-corrected chi connectivity index (χ1v) is 14.7. The topological polar surface area (TPSA) is 118 Å². The third kappa shape index (κ3) is 5.45. The third-order valence-corrected chi connectivity index (χ3v) is 8.80. The number of carbonyl (C=O) groups is 3.